The summed E-state index contributed by atoms with van der Waals surface area (Å²) in [6, 6.07) is 25.5. The number of rotatable bonds is 7. The van der Waals surface area contributed by atoms with E-state index in [1.54, 1.807) is 16.4 Å². The van der Waals surface area contributed by atoms with Gasteiger partial charge in [0, 0.05) is 6.54 Å². The molecule has 172 valence electrons. The van der Waals surface area contributed by atoms with Crippen LogP contribution in [-0.2, 0) is 19.8 Å². The van der Waals surface area contributed by atoms with Crippen molar-refractivity contribution in [3.63, 3.8) is 0 Å². The van der Waals surface area contributed by atoms with Crippen LogP contribution >= 0.6 is 12.2 Å². The van der Waals surface area contributed by atoms with Crippen molar-refractivity contribution >= 4 is 28.9 Å². The second kappa shape index (κ2) is 9.24. The molecule has 0 N–H and O–H groups in total. The smallest absolute Gasteiger partial charge is 0.263 e. The molecule has 2 heterocycles. The van der Waals surface area contributed by atoms with E-state index in [-0.39, 0.29) is 5.56 Å². The zero-order chi connectivity index (χ0) is 23.7. The maximum atomic E-state index is 13.4. The van der Waals surface area contributed by atoms with Crippen LogP contribution in [-0.4, -0.2) is 37.8 Å². The van der Waals surface area contributed by atoms with Gasteiger partial charge < -0.3 is 4.74 Å². The van der Waals surface area contributed by atoms with E-state index in [0.29, 0.717) is 29.1 Å². The number of nitrogens with zero attached hydrogens (tertiary/aromatic N) is 5. The van der Waals surface area contributed by atoms with Crippen LogP contribution < -0.4 is 10.3 Å². The molecule has 0 saturated carbocycles. The fraction of sp³-hybridized carbons (Fsp3) is 0.192. The van der Waals surface area contributed by atoms with Crippen molar-refractivity contribution in [3.05, 3.63) is 105 Å². The Morgan fingerprint density at radius 3 is 2.38 bits per heavy atom. The Balaban J connectivity index is 1.56. The van der Waals surface area contributed by atoms with Crippen LogP contribution in [0.2, 0.25) is 0 Å². The maximum absolute atomic E-state index is 13.4. The Morgan fingerprint density at radius 1 is 0.941 bits per heavy atom. The third-order valence-corrected chi connectivity index (χ3v) is 6.25. The first-order chi connectivity index (χ1) is 16.5. The highest BCUT2D eigenvalue weighted by molar-refractivity contribution is 7.71. The number of methoxy groups -OCH3 is 1. The molecule has 34 heavy (non-hydrogen) atoms. The molecule has 7 nitrogen and oxygen atoms in total. The molecule has 5 rings (SSSR count). The lowest BCUT2D eigenvalue weighted by molar-refractivity contribution is 0.244. The first kappa shape index (κ1) is 22.1. The molecule has 5 aromatic rings. The van der Waals surface area contributed by atoms with Crippen molar-refractivity contribution in [2.24, 2.45) is 0 Å². The van der Waals surface area contributed by atoms with Crippen LogP contribution in [0, 0.1) is 4.77 Å². The Labute approximate surface area is 202 Å². The van der Waals surface area contributed by atoms with Gasteiger partial charge in [-0.2, -0.15) is 0 Å². The highest BCUT2D eigenvalue weighted by Crippen LogP contribution is 2.17. The number of benzene rings is 3. The van der Waals surface area contributed by atoms with Gasteiger partial charge in [0.25, 0.3) is 5.56 Å². The summed E-state index contributed by atoms with van der Waals surface area (Å²) in [5.74, 6) is 1.37. The van der Waals surface area contributed by atoms with Crippen LogP contribution in [0.3, 0.4) is 0 Å². The van der Waals surface area contributed by atoms with E-state index in [0.717, 1.165) is 28.9 Å². The Morgan fingerprint density at radius 2 is 1.65 bits per heavy atom. The first-order valence-corrected chi connectivity index (χ1v) is 11.4. The van der Waals surface area contributed by atoms with Crippen LogP contribution in [0.4, 0.5) is 0 Å². The predicted octanol–water partition coefficient (Wildman–Crippen LogP) is 4.33. The molecule has 0 aliphatic rings. The highest BCUT2D eigenvalue weighted by atomic mass is 32.1. The predicted molar refractivity (Wildman–Crippen MR) is 136 cm³/mol. The summed E-state index contributed by atoms with van der Waals surface area (Å²) in [6.07, 6.45) is 0. The molecule has 0 amide bonds. The van der Waals surface area contributed by atoms with Gasteiger partial charge in [-0.3, -0.25) is 18.7 Å². The molecule has 0 bridgehead atoms. The summed E-state index contributed by atoms with van der Waals surface area (Å²) in [5, 5.41) is 5.42. The molecule has 0 spiro atoms. The van der Waals surface area contributed by atoms with Crippen LogP contribution in [0.5, 0.6) is 5.75 Å². The van der Waals surface area contributed by atoms with Crippen LogP contribution in [0.1, 0.15) is 11.1 Å². The van der Waals surface area contributed by atoms with E-state index in [1.165, 1.54) is 0 Å². The number of fused-ring (bicyclic) bond motifs is 3. The van der Waals surface area contributed by atoms with Gasteiger partial charge in [0.15, 0.2) is 0 Å². The normalized spacial score (nSPS) is 11.5. The van der Waals surface area contributed by atoms with Crippen LogP contribution in [0.15, 0.2) is 83.7 Å². The summed E-state index contributed by atoms with van der Waals surface area (Å²) in [7, 11) is 3.68. The highest BCUT2D eigenvalue weighted by Gasteiger charge is 2.16. The summed E-state index contributed by atoms with van der Waals surface area (Å²) < 4.78 is 11.2. The number of hydrogen-bond acceptors (Lipinski definition) is 5. The summed E-state index contributed by atoms with van der Waals surface area (Å²) in [5.41, 5.74) is 2.87. The third kappa shape index (κ3) is 4.13. The lowest BCUT2D eigenvalue weighted by Crippen LogP contribution is -2.24. The van der Waals surface area contributed by atoms with Gasteiger partial charge >= 0.3 is 0 Å². The molecular weight excluding hydrogens is 446 g/mol. The lowest BCUT2D eigenvalue weighted by Gasteiger charge is -2.16. The fourth-order valence-electron chi connectivity index (χ4n) is 4.19. The van der Waals surface area contributed by atoms with E-state index < -0.39 is 0 Å². The molecule has 0 aliphatic heterocycles. The minimum atomic E-state index is -0.0781. The second-order valence-electron chi connectivity index (χ2n) is 8.32. The SMILES string of the molecule is COc1ccc(CN(C)Cn2nc3n(Cc4ccccc4)c(=O)c4ccccc4n3c2=S)cc1. The van der Waals surface area contributed by atoms with E-state index >= 15 is 0 Å². The topological polar surface area (TPSA) is 56.7 Å². The van der Waals surface area contributed by atoms with Crippen molar-refractivity contribution in [1.29, 1.82) is 0 Å². The standard InChI is InChI=1S/C26H25N5O2S/c1-28(16-20-12-14-21(33-2)15-13-20)18-30-26(34)31-23-11-7-6-10-22(23)24(32)29(25(31)27-30)17-19-8-4-3-5-9-19/h3-15H,16-18H2,1-2H3. The molecule has 0 atom stereocenters. The molecular formula is C26H25N5O2S. The van der Waals surface area contributed by atoms with Gasteiger partial charge in [0.1, 0.15) is 5.75 Å². The Kier molecular flexibility index (Phi) is 6.00. The Hall–Kier alpha value is -3.75. The molecule has 8 heteroatoms. The number of ether oxygens (including phenoxy) is 1. The maximum Gasteiger partial charge on any atom is 0.263 e. The minimum absolute atomic E-state index is 0.0781. The van der Waals surface area contributed by atoms with E-state index in [4.69, 9.17) is 22.1 Å². The van der Waals surface area contributed by atoms with Gasteiger partial charge in [-0.15, -0.1) is 5.10 Å². The van der Waals surface area contributed by atoms with E-state index in [1.807, 2.05) is 90.3 Å². The average molecular weight is 472 g/mol. The molecule has 0 aliphatic carbocycles. The summed E-state index contributed by atoms with van der Waals surface area (Å²) in [6.45, 7) is 1.62. The number of para-hydroxylation sites is 1. The van der Waals surface area contributed by atoms with Gasteiger partial charge in [0.2, 0.25) is 10.5 Å². The lowest BCUT2D eigenvalue weighted by atomic mass is 10.2. The molecule has 0 saturated heterocycles. The number of aromatic nitrogens is 4. The molecule has 0 fully saturated rings. The largest absolute Gasteiger partial charge is 0.497 e. The molecule has 0 radical (unpaired) electrons. The zero-order valence-electron chi connectivity index (χ0n) is 19.1. The van der Waals surface area contributed by atoms with Crippen molar-refractivity contribution in [2.45, 2.75) is 19.8 Å². The van der Waals surface area contributed by atoms with Gasteiger partial charge in [-0.25, -0.2) is 4.68 Å². The van der Waals surface area contributed by atoms with Crippen molar-refractivity contribution < 1.29 is 4.74 Å². The van der Waals surface area contributed by atoms with E-state index in [2.05, 4.69) is 4.90 Å². The van der Waals surface area contributed by atoms with Crippen LogP contribution in [0.25, 0.3) is 16.7 Å². The van der Waals surface area contributed by atoms with Gasteiger partial charge in [0.05, 0.1) is 31.2 Å². The molecule has 3 aromatic carbocycles. The quantitative estimate of drug-likeness (QED) is 0.331. The average Bonchev–Trinajstić information content (AvgIpc) is 3.18. The zero-order valence-corrected chi connectivity index (χ0v) is 19.9. The fourth-order valence-corrected chi connectivity index (χ4v) is 4.47. The van der Waals surface area contributed by atoms with Crippen molar-refractivity contribution in [2.75, 3.05) is 14.2 Å². The van der Waals surface area contributed by atoms with Crippen molar-refractivity contribution in [3.8, 4) is 5.75 Å². The molecule has 2 aromatic heterocycles. The first-order valence-electron chi connectivity index (χ1n) is 11.0. The third-order valence-electron chi connectivity index (χ3n) is 5.85. The molecule has 0 unspecified atom stereocenters. The summed E-state index contributed by atoms with van der Waals surface area (Å²) >= 11 is 5.84. The minimum Gasteiger partial charge on any atom is -0.497 e. The number of hydrogen-bond donors (Lipinski definition) is 0. The second-order valence-corrected chi connectivity index (χ2v) is 8.68. The Bertz CT molecular complexity index is 1570. The van der Waals surface area contributed by atoms with Gasteiger partial charge in [-0.1, -0.05) is 54.6 Å². The van der Waals surface area contributed by atoms with Crippen molar-refractivity contribution in [1.82, 2.24) is 23.6 Å². The monoisotopic (exact) mass is 471 g/mol. The summed E-state index contributed by atoms with van der Waals surface area (Å²) in [4.78, 5) is 15.6. The van der Waals surface area contributed by atoms with E-state index in [9.17, 15) is 4.79 Å². The van der Waals surface area contributed by atoms with Gasteiger partial charge in [-0.05, 0) is 54.7 Å².